The molecule has 39 heavy (non-hydrogen) atoms. The molecule has 0 saturated carbocycles. The van der Waals surface area contributed by atoms with Gasteiger partial charge in [-0.1, -0.05) is 104 Å². The maximum Gasteiger partial charge on any atom is 0.172 e. The number of rotatable bonds is 5. The van der Waals surface area contributed by atoms with Gasteiger partial charge in [0.15, 0.2) is 11.6 Å². The highest BCUT2D eigenvalue weighted by Gasteiger charge is 2.23. The predicted octanol–water partition coefficient (Wildman–Crippen LogP) is 7.88. The molecular formula is C35H30N4. The van der Waals surface area contributed by atoms with Gasteiger partial charge < -0.3 is 4.57 Å². The molecule has 0 aliphatic heterocycles. The van der Waals surface area contributed by atoms with Crippen molar-refractivity contribution >= 4 is 28.2 Å². The van der Waals surface area contributed by atoms with E-state index in [0.717, 1.165) is 29.9 Å². The fourth-order valence-electron chi connectivity index (χ4n) is 5.48. The number of hydrogen-bond acceptors (Lipinski definition) is 3. The molecule has 2 aromatic carbocycles. The molecule has 0 fully saturated rings. The molecule has 0 bridgehead atoms. The number of nitrogens with zero attached hydrogens (tertiary/aromatic N) is 4. The van der Waals surface area contributed by atoms with Crippen molar-refractivity contribution < 1.29 is 0 Å². The van der Waals surface area contributed by atoms with Crippen LogP contribution in [0.3, 0.4) is 0 Å². The van der Waals surface area contributed by atoms with Crippen molar-refractivity contribution in [2.45, 2.75) is 32.6 Å². The summed E-state index contributed by atoms with van der Waals surface area (Å²) in [4.78, 5) is 14.8. The first-order valence-corrected chi connectivity index (χ1v) is 13.5. The molecule has 2 atom stereocenters. The molecular weight excluding hydrogens is 476 g/mol. The molecule has 0 spiro atoms. The van der Waals surface area contributed by atoms with Crippen LogP contribution in [0.25, 0.3) is 39.6 Å². The zero-order chi connectivity index (χ0) is 26.8. The Morgan fingerprint density at radius 3 is 2.59 bits per heavy atom. The summed E-state index contributed by atoms with van der Waals surface area (Å²) in [6.45, 7) is 4.23. The quantitative estimate of drug-likeness (QED) is 0.204. The average molecular weight is 507 g/mol. The molecule has 2 aliphatic carbocycles. The molecule has 0 radical (unpaired) electrons. The minimum Gasteiger partial charge on any atom is -0.313 e. The van der Waals surface area contributed by atoms with Crippen molar-refractivity contribution in [3.05, 3.63) is 120 Å². The maximum absolute atomic E-state index is 6.16. The smallest absolute Gasteiger partial charge is 0.172 e. The standard InChI is InChI=1S/C35H30N4/c1-4-25(23-27(5-2)39-31-21-13-11-19-29(31)30-20-12-14-22-32(30)39)33-36-34(26-16-7-6-8-17-26)38-35(37-33)28-18-10-9-15-24(28)3/h1,5-13,15-21,23-24,28H,14,22H2,2-3H3/b25-23+,27-5+/t24-,28?/m0/s1. The Bertz CT molecular complexity index is 1740. The summed E-state index contributed by atoms with van der Waals surface area (Å²) in [5.74, 6) is 5.09. The Balaban J connectivity index is 1.51. The van der Waals surface area contributed by atoms with E-state index in [-0.39, 0.29) is 11.8 Å². The van der Waals surface area contributed by atoms with Crippen LogP contribution in [-0.2, 0) is 6.42 Å². The molecule has 0 amide bonds. The second-order valence-corrected chi connectivity index (χ2v) is 9.93. The van der Waals surface area contributed by atoms with Gasteiger partial charge in [0.1, 0.15) is 5.82 Å². The number of allylic oxidation sites excluding steroid dienone is 9. The van der Waals surface area contributed by atoms with Gasteiger partial charge in [0.25, 0.3) is 0 Å². The highest BCUT2D eigenvalue weighted by Crippen LogP contribution is 2.35. The molecule has 4 nitrogen and oxygen atoms in total. The summed E-state index contributed by atoms with van der Waals surface area (Å²) in [5.41, 5.74) is 6.33. The van der Waals surface area contributed by atoms with Crippen LogP contribution < -0.4 is 0 Å². The Morgan fingerprint density at radius 2 is 1.79 bits per heavy atom. The third kappa shape index (κ3) is 4.57. The van der Waals surface area contributed by atoms with E-state index in [1.54, 1.807) is 0 Å². The minimum absolute atomic E-state index is 0.0478. The Hall–Kier alpha value is -4.75. The molecule has 2 aromatic heterocycles. The number of hydrogen-bond donors (Lipinski definition) is 0. The van der Waals surface area contributed by atoms with Crippen LogP contribution in [0.1, 0.15) is 49.1 Å². The van der Waals surface area contributed by atoms with E-state index < -0.39 is 0 Å². The topological polar surface area (TPSA) is 43.6 Å². The summed E-state index contributed by atoms with van der Waals surface area (Å²) in [7, 11) is 0. The maximum atomic E-state index is 6.16. The zero-order valence-corrected chi connectivity index (χ0v) is 22.3. The lowest BCUT2D eigenvalue weighted by Gasteiger charge is -2.20. The van der Waals surface area contributed by atoms with E-state index >= 15 is 0 Å². The van der Waals surface area contributed by atoms with Crippen LogP contribution in [0.5, 0.6) is 0 Å². The molecule has 6 rings (SSSR count). The molecule has 1 unspecified atom stereocenters. The lowest BCUT2D eigenvalue weighted by Crippen LogP contribution is -2.14. The number of fused-ring (bicyclic) bond motifs is 3. The molecule has 4 aromatic rings. The van der Waals surface area contributed by atoms with Crippen LogP contribution in [0.2, 0.25) is 0 Å². The molecule has 2 aliphatic rings. The van der Waals surface area contributed by atoms with Crippen LogP contribution in [0, 0.1) is 18.3 Å². The first-order chi connectivity index (χ1) is 19.2. The Kier molecular flexibility index (Phi) is 6.65. The van der Waals surface area contributed by atoms with E-state index in [2.05, 4.69) is 91.1 Å². The summed E-state index contributed by atoms with van der Waals surface area (Å²) in [5, 5.41) is 1.25. The van der Waals surface area contributed by atoms with Gasteiger partial charge >= 0.3 is 0 Å². The number of aromatic nitrogens is 4. The van der Waals surface area contributed by atoms with Crippen molar-refractivity contribution in [1.82, 2.24) is 19.5 Å². The Labute approximate surface area is 229 Å². The van der Waals surface area contributed by atoms with Crippen molar-refractivity contribution in [1.29, 1.82) is 0 Å². The van der Waals surface area contributed by atoms with E-state index in [1.165, 1.54) is 22.2 Å². The van der Waals surface area contributed by atoms with Gasteiger partial charge in [-0.3, -0.25) is 0 Å². The van der Waals surface area contributed by atoms with Gasteiger partial charge in [0.05, 0.1) is 11.1 Å². The van der Waals surface area contributed by atoms with Gasteiger partial charge in [-0.25, -0.2) is 15.0 Å². The van der Waals surface area contributed by atoms with Gasteiger partial charge in [-0.2, -0.15) is 0 Å². The third-order valence-corrected chi connectivity index (χ3v) is 7.48. The lowest BCUT2D eigenvalue weighted by atomic mass is 9.89. The summed E-state index contributed by atoms with van der Waals surface area (Å²) in [6.07, 6.45) is 25.3. The van der Waals surface area contributed by atoms with E-state index in [0.29, 0.717) is 17.2 Å². The minimum atomic E-state index is 0.0478. The normalized spacial score (nSPS) is 18.8. The zero-order valence-electron chi connectivity index (χ0n) is 22.3. The van der Waals surface area contributed by atoms with Gasteiger partial charge in [-0.15, -0.1) is 6.42 Å². The van der Waals surface area contributed by atoms with Crippen LogP contribution in [0.4, 0.5) is 0 Å². The Morgan fingerprint density at radius 1 is 1.00 bits per heavy atom. The fourth-order valence-corrected chi connectivity index (χ4v) is 5.48. The summed E-state index contributed by atoms with van der Waals surface area (Å²) < 4.78 is 2.34. The first kappa shape index (κ1) is 24.6. The van der Waals surface area contributed by atoms with E-state index in [4.69, 9.17) is 21.4 Å². The fraction of sp³-hybridized carbons (Fsp3) is 0.171. The molecule has 2 heterocycles. The highest BCUT2D eigenvalue weighted by molar-refractivity contribution is 5.96. The average Bonchev–Trinajstić information content (AvgIpc) is 3.33. The van der Waals surface area contributed by atoms with Crippen molar-refractivity contribution in [3.8, 4) is 23.7 Å². The monoisotopic (exact) mass is 506 g/mol. The SMILES string of the molecule is C#C/C(=C\C(=C/C)n1c2c(c3ccccc31)C=CCC2)c1nc(-c2ccccc2)nc(C2C=CC=C[C@@H]2C)n1. The highest BCUT2D eigenvalue weighted by atomic mass is 15.0. The van der Waals surface area contributed by atoms with Crippen molar-refractivity contribution in [2.75, 3.05) is 0 Å². The number of benzene rings is 2. The third-order valence-electron chi connectivity index (χ3n) is 7.48. The summed E-state index contributed by atoms with van der Waals surface area (Å²) >= 11 is 0. The summed E-state index contributed by atoms with van der Waals surface area (Å²) in [6, 6.07) is 18.6. The molecule has 0 N–H and O–H groups in total. The number of terminal acetylenes is 1. The van der Waals surface area contributed by atoms with Crippen LogP contribution in [-0.4, -0.2) is 19.5 Å². The van der Waals surface area contributed by atoms with Crippen molar-refractivity contribution in [2.24, 2.45) is 5.92 Å². The molecule has 0 saturated heterocycles. The van der Waals surface area contributed by atoms with E-state index in [1.807, 2.05) is 36.4 Å². The van der Waals surface area contributed by atoms with Gasteiger partial charge in [0, 0.05) is 33.8 Å². The molecule has 4 heteroatoms. The molecule has 190 valence electrons. The van der Waals surface area contributed by atoms with Gasteiger partial charge in [0.2, 0.25) is 0 Å². The van der Waals surface area contributed by atoms with Crippen molar-refractivity contribution in [3.63, 3.8) is 0 Å². The first-order valence-electron chi connectivity index (χ1n) is 13.5. The second kappa shape index (κ2) is 10.6. The van der Waals surface area contributed by atoms with Crippen LogP contribution in [0.15, 0.2) is 97.1 Å². The lowest BCUT2D eigenvalue weighted by molar-refractivity contribution is 0.598. The number of para-hydroxylation sites is 1. The second-order valence-electron chi connectivity index (χ2n) is 9.93. The van der Waals surface area contributed by atoms with Crippen LogP contribution >= 0.6 is 0 Å². The van der Waals surface area contributed by atoms with Gasteiger partial charge in [-0.05, 0) is 37.8 Å². The van der Waals surface area contributed by atoms with E-state index in [9.17, 15) is 0 Å². The largest absolute Gasteiger partial charge is 0.313 e. The predicted molar refractivity (Wildman–Crippen MR) is 161 cm³/mol.